The molecule has 0 aromatic carbocycles. The number of nitrogens with zero attached hydrogens (tertiary/aromatic N) is 3. The summed E-state index contributed by atoms with van der Waals surface area (Å²) in [5, 5.41) is 13.4. The van der Waals surface area contributed by atoms with Gasteiger partial charge >= 0.3 is 0 Å². The molecule has 1 saturated carbocycles. The molecule has 1 fully saturated rings. The van der Waals surface area contributed by atoms with Gasteiger partial charge in [0.1, 0.15) is 12.0 Å². The van der Waals surface area contributed by atoms with Crippen molar-refractivity contribution in [2.24, 2.45) is 11.7 Å². The number of rotatable bonds is 8. The minimum atomic E-state index is -0.178. The number of hydrogen-bond donors (Lipinski definition) is 2. The molecule has 1 aliphatic rings. The van der Waals surface area contributed by atoms with Gasteiger partial charge in [0.2, 0.25) is 0 Å². The molecule has 0 saturated heterocycles. The topological polar surface area (TPSA) is 103 Å². The Kier molecular flexibility index (Phi) is 8.95. The molecule has 2 heterocycles. The van der Waals surface area contributed by atoms with Gasteiger partial charge in [0.15, 0.2) is 5.69 Å². The maximum absolute atomic E-state index is 12.6. The first-order valence-electron chi connectivity index (χ1n) is 9.83. The Morgan fingerprint density at radius 3 is 2.76 bits per heavy atom. The Morgan fingerprint density at radius 2 is 2.21 bits per heavy atom. The van der Waals surface area contributed by atoms with Crippen molar-refractivity contribution in [3.8, 4) is 10.6 Å². The zero-order chi connectivity index (χ0) is 21.2. The van der Waals surface area contributed by atoms with Gasteiger partial charge in [-0.25, -0.2) is 4.68 Å². The summed E-state index contributed by atoms with van der Waals surface area (Å²) in [6.45, 7) is 6.42. The molecule has 3 rings (SSSR count). The minimum absolute atomic E-state index is 0.125. The maximum atomic E-state index is 12.6. The van der Waals surface area contributed by atoms with E-state index in [0.717, 1.165) is 36.2 Å². The first kappa shape index (κ1) is 22.7. The van der Waals surface area contributed by atoms with Crippen molar-refractivity contribution >= 4 is 29.2 Å². The molecule has 0 radical (unpaired) electrons. The van der Waals surface area contributed by atoms with Gasteiger partial charge in [0.05, 0.1) is 4.88 Å². The summed E-state index contributed by atoms with van der Waals surface area (Å²) in [7, 11) is 0. The van der Waals surface area contributed by atoms with E-state index < -0.39 is 0 Å². The first-order valence-corrected chi connectivity index (χ1v) is 10.7. The zero-order valence-electron chi connectivity index (χ0n) is 17.2. The summed E-state index contributed by atoms with van der Waals surface area (Å²) in [5.74, 6) is -0.303. The normalized spacial score (nSPS) is 15.0. The van der Waals surface area contributed by atoms with Crippen molar-refractivity contribution in [3.63, 3.8) is 0 Å². The number of allylic oxidation sites excluding steroid dienone is 4. The number of nitrogens with one attached hydrogen (secondary N) is 1. The quantitative estimate of drug-likeness (QED) is 0.507. The second-order valence-electron chi connectivity index (χ2n) is 6.74. The van der Waals surface area contributed by atoms with Crippen molar-refractivity contribution < 1.29 is 9.59 Å². The highest BCUT2D eigenvalue weighted by Crippen LogP contribution is 2.30. The molecular formula is C21H29N5O2S. The second kappa shape index (κ2) is 11.4. The third-order valence-corrected chi connectivity index (χ3v) is 5.02. The van der Waals surface area contributed by atoms with Crippen LogP contribution in [0, 0.1) is 5.92 Å². The van der Waals surface area contributed by atoms with E-state index in [1.165, 1.54) is 0 Å². The second-order valence-corrected chi connectivity index (χ2v) is 7.69. The fraction of sp³-hybridized carbons (Fsp3) is 0.429. The highest BCUT2D eigenvalue weighted by molar-refractivity contribution is 7.13. The highest BCUT2D eigenvalue weighted by Gasteiger charge is 2.28. The Hall–Kier alpha value is -2.58. The molecule has 3 N–H and O–H groups in total. The molecule has 29 heavy (non-hydrogen) atoms. The largest absolute Gasteiger partial charge is 0.348 e. The van der Waals surface area contributed by atoms with Crippen molar-refractivity contribution in [2.75, 3.05) is 6.54 Å². The monoisotopic (exact) mass is 415 g/mol. The lowest BCUT2D eigenvalue weighted by molar-refractivity contribution is -0.109. The molecule has 1 unspecified atom stereocenters. The molecular weight excluding hydrogens is 386 g/mol. The summed E-state index contributed by atoms with van der Waals surface area (Å²) in [6.07, 6.45) is 9.29. The third-order valence-electron chi connectivity index (χ3n) is 4.14. The van der Waals surface area contributed by atoms with E-state index in [2.05, 4.69) is 15.6 Å². The number of amides is 1. The average Bonchev–Trinajstić information content (AvgIpc) is 3.20. The van der Waals surface area contributed by atoms with Crippen molar-refractivity contribution in [1.82, 2.24) is 20.3 Å². The van der Waals surface area contributed by atoms with Crippen molar-refractivity contribution in [3.05, 3.63) is 41.4 Å². The summed E-state index contributed by atoms with van der Waals surface area (Å²) >= 11 is 1.55. The van der Waals surface area contributed by atoms with Crippen LogP contribution in [0.25, 0.3) is 16.3 Å². The summed E-state index contributed by atoms with van der Waals surface area (Å²) < 4.78 is 1.73. The van der Waals surface area contributed by atoms with Crippen LogP contribution in [0.3, 0.4) is 0 Å². The summed E-state index contributed by atoms with van der Waals surface area (Å²) in [4.78, 5) is 24.3. The van der Waals surface area contributed by atoms with E-state index in [1.54, 1.807) is 16.0 Å². The van der Waals surface area contributed by atoms with Gasteiger partial charge in [-0.2, -0.15) is 0 Å². The lowest BCUT2D eigenvalue weighted by Gasteiger charge is -2.09. The van der Waals surface area contributed by atoms with E-state index in [9.17, 15) is 9.59 Å². The van der Waals surface area contributed by atoms with Gasteiger partial charge in [-0.15, -0.1) is 16.4 Å². The first-order chi connectivity index (χ1) is 14.0. The van der Waals surface area contributed by atoms with Crippen LogP contribution < -0.4 is 11.1 Å². The molecule has 8 heteroatoms. The Morgan fingerprint density at radius 1 is 1.48 bits per heavy atom. The van der Waals surface area contributed by atoms with E-state index in [-0.39, 0.29) is 17.9 Å². The van der Waals surface area contributed by atoms with Crippen molar-refractivity contribution in [1.29, 1.82) is 0 Å². The van der Waals surface area contributed by atoms with Crippen LogP contribution in [0.2, 0.25) is 0 Å². The van der Waals surface area contributed by atoms with Gasteiger partial charge in [-0.1, -0.05) is 43.4 Å². The fourth-order valence-corrected chi connectivity index (χ4v) is 3.28. The summed E-state index contributed by atoms with van der Waals surface area (Å²) in [5.41, 5.74) is 6.81. The van der Waals surface area contributed by atoms with Gasteiger partial charge in [-0.3, -0.25) is 4.79 Å². The SMILES string of the molecule is C/C=C(\C/C=C\C(C)C=O)n1nnc(C(=O)NC2CC2)c1-c1cccs1.CCN. The number of thiophene rings is 1. The number of nitrogens with two attached hydrogens (primary N) is 1. The number of hydrogen-bond acceptors (Lipinski definition) is 6. The van der Waals surface area contributed by atoms with Crippen LogP contribution in [0.15, 0.2) is 35.7 Å². The number of carbonyl (C=O) groups is 2. The van der Waals surface area contributed by atoms with Gasteiger partial charge in [0, 0.05) is 24.1 Å². The molecule has 1 atom stereocenters. The predicted molar refractivity (Wildman–Crippen MR) is 117 cm³/mol. The molecule has 2 aromatic rings. The molecule has 0 bridgehead atoms. The number of carbonyl (C=O) groups excluding carboxylic acids is 2. The molecule has 156 valence electrons. The highest BCUT2D eigenvalue weighted by atomic mass is 32.1. The van der Waals surface area contributed by atoms with E-state index in [1.807, 2.05) is 56.5 Å². The van der Waals surface area contributed by atoms with Crippen LogP contribution in [-0.4, -0.2) is 39.8 Å². The molecule has 0 aliphatic heterocycles. The minimum Gasteiger partial charge on any atom is -0.348 e. The Balaban J connectivity index is 0.000000941. The maximum Gasteiger partial charge on any atom is 0.274 e. The number of aldehydes is 1. The van der Waals surface area contributed by atoms with Gasteiger partial charge < -0.3 is 15.8 Å². The standard InChI is InChI=1S/C19H22N4O2S.C2H7N/c1-3-15(7-4-6-13(2)12-24)23-18(16-8-5-11-26-16)17(21-22-23)19(25)20-14-9-10-14;1-2-3/h3-6,8,11-14H,7,9-10H2,1-2H3,(H,20,25);2-3H2,1H3/b6-4-,15-3+;. The molecule has 7 nitrogen and oxygen atoms in total. The Bertz CT molecular complexity index is 851. The van der Waals surface area contributed by atoms with Crippen LogP contribution in [-0.2, 0) is 4.79 Å². The van der Waals surface area contributed by atoms with Crippen LogP contribution in [0.4, 0.5) is 0 Å². The fourth-order valence-electron chi connectivity index (χ4n) is 2.53. The number of aromatic nitrogens is 3. The summed E-state index contributed by atoms with van der Waals surface area (Å²) in [6, 6.07) is 4.17. The van der Waals surface area contributed by atoms with E-state index in [4.69, 9.17) is 5.73 Å². The van der Waals surface area contributed by atoms with E-state index >= 15 is 0 Å². The Labute approximate surface area is 175 Å². The van der Waals surface area contributed by atoms with Gasteiger partial charge in [-0.05, 0) is 37.8 Å². The van der Waals surface area contributed by atoms with Crippen LogP contribution in [0.1, 0.15) is 50.5 Å². The van der Waals surface area contributed by atoms with Crippen molar-refractivity contribution in [2.45, 2.75) is 46.1 Å². The van der Waals surface area contributed by atoms with Crippen LogP contribution >= 0.6 is 11.3 Å². The smallest absolute Gasteiger partial charge is 0.274 e. The molecule has 0 spiro atoms. The average molecular weight is 416 g/mol. The lowest BCUT2D eigenvalue weighted by atomic mass is 10.1. The third kappa shape index (κ3) is 6.47. The predicted octanol–water partition coefficient (Wildman–Crippen LogP) is 3.51. The molecule has 1 amide bonds. The van der Waals surface area contributed by atoms with Crippen LogP contribution in [0.5, 0.6) is 0 Å². The van der Waals surface area contributed by atoms with Gasteiger partial charge in [0.25, 0.3) is 5.91 Å². The zero-order valence-corrected chi connectivity index (χ0v) is 18.0. The molecule has 2 aromatic heterocycles. The molecule has 1 aliphatic carbocycles. The van der Waals surface area contributed by atoms with E-state index in [0.29, 0.717) is 17.8 Å². The lowest BCUT2D eigenvalue weighted by Crippen LogP contribution is -2.26.